The fourth-order valence-electron chi connectivity index (χ4n) is 1.61. The molecule has 7 heteroatoms. The van der Waals surface area contributed by atoms with Crippen LogP contribution in [0.2, 0.25) is 5.02 Å². The van der Waals surface area contributed by atoms with Gasteiger partial charge in [-0.1, -0.05) is 11.6 Å². The quantitative estimate of drug-likeness (QED) is 0.616. The van der Waals surface area contributed by atoms with E-state index < -0.39 is 17.6 Å². The number of nitrogens with one attached hydrogen (secondary N) is 1. The lowest BCUT2D eigenvalue weighted by Gasteiger charge is -2.12. The molecule has 0 spiro atoms. The predicted molar refractivity (Wildman–Crippen MR) is 70.5 cm³/mol. The van der Waals surface area contributed by atoms with Crippen LogP contribution in [0.5, 0.6) is 0 Å². The smallest absolute Gasteiger partial charge is 0.399 e. The topological polar surface area (TPSA) is 38.0 Å². The highest BCUT2D eigenvalue weighted by Crippen LogP contribution is 2.34. The van der Waals surface area contributed by atoms with Crippen molar-refractivity contribution in [3.05, 3.63) is 52.8 Å². The first-order chi connectivity index (χ1) is 9.25. The van der Waals surface area contributed by atoms with Crippen molar-refractivity contribution in [2.24, 2.45) is 0 Å². The van der Waals surface area contributed by atoms with Crippen molar-refractivity contribution in [3.63, 3.8) is 0 Å². The minimum atomic E-state index is -4.53. The number of nitrogen functional groups attached to an aromatic ring is 1. The number of benzene rings is 2. The molecule has 0 aliphatic heterocycles. The Kier molecular flexibility index (Phi) is 3.76. The van der Waals surface area contributed by atoms with Gasteiger partial charge in [-0.15, -0.1) is 0 Å². The third kappa shape index (κ3) is 3.33. The van der Waals surface area contributed by atoms with E-state index in [1.807, 2.05) is 0 Å². The van der Waals surface area contributed by atoms with Gasteiger partial charge >= 0.3 is 6.18 Å². The maximum Gasteiger partial charge on any atom is 0.416 e. The minimum Gasteiger partial charge on any atom is -0.399 e. The average molecular weight is 305 g/mol. The molecule has 0 bridgehead atoms. The van der Waals surface area contributed by atoms with Crippen molar-refractivity contribution in [1.29, 1.82) is 0 Å². The fraction of sp³-hybridized carbons (Fsp3) is 0.0769. The van der Waals surface area contributed by atoms with Crippen LogP contribution in [-0.4, -0.2) is 0 Å². The Morgan fingerprint density at radius 1 is 1.05 bits per heavy atom. The molecule has 106 valence electrons. The predicted octanol–water partition coefficient (Wildman–Crippen LogP) is 4.82. The van der Waals surface area contributed by atoms with Gasteiger partial charge in [-0.25, -0.2) is 4.39 Å². The summed E-state index contributed by atoms with van der Waals surface area (Å²) in [5, 5.41) is 2.44. The first-order valence-corrected chi connectivity index (χ1v) is 5.83. The zero-order valence-electron chi connectivity index (χ0n) is 9.93. The third-order valence-electron chi connectivity index (χ3n) is 2.50. The maximum absolute atomic E-state index is 13.6. The van der Waals surface area contributed by atoms with Crippen LogP contribution in [0.15, 0.2) is 36.4 Å². The molecule has 3 N–H and O–H groups in total. The summed E-state index contributed by atoms with van der Waals surface area (Å²) in [6.07, 6.45) is -4.53. The number of hydrogen-bond acceptors (Lipinski definition) is 2. The second kappa shape index (κ2) is 5.20. The molecule has 0 atom stereocenters. The molecule has 0 aliphatic carbocycles. The highest BCUT2D eigenvalue weighted by Gasteiger charge is 2.31. The van der Waals surface area contributed by atoms with Crippen molar-refractivity contribution < 1.29 is 17.6 Å². The van der Waals surface area contributed by atoms with Crippen molar-refractivity contribution >= 4 is 28.7 Å². The van der Waals surface area contributed by atoms with Gasteiger partial charge in [0, 0.05) is 16.4 Å². The second-order valence-corrected chi connectivity index (χ2v) is 4.53. The van der Waals surface area contributed by atoms with Gasteiger partial charge < -0.3 is 11.1 Å². The van der Waals surface area contributed by atoms with Gasteiger partial charge in [-0.3, -0.25) is 0 Å². The number of hydrogen-bond donors (Lipinski definition) is 2. The Bertz CT molecular complexity index is 641. The molecule has 20 heavy (non-hydrogen) atoms. The van der Waals surface area contributed by atoms with Gasteiger partial charge in [-0.05, 0) is 36.4 Å². The highest BCUT2D eigenvalue weighted by atomic mass is 35.5. The van der Waals surface area contributed by atoms with Gasteiger partial charge in [0.05, 0.1) is 11.3 Å². The molecule has 0 heterocycles. The van der Waals surface area contributed by atoms with Gasteiger partial charge in [-0.2, -0.15) is 13.2 Å². The zero-order valence-corrected chi connectivity index (χ0v) is 10.7. The largest absolute Gasteiger partial charge is 0.416 e. The summed E-state index contributed by atoms with van der Waals surface area (Å²) >= 11 is 5.63. The van der Waals surface area contributed by atoms with E-state index in [0.29, 0.717) is 0 Å². The lowest BCUT2D eigenvalue weighted by Crippen LogP contribution is -2.05. The van der Waals surface area contributed by atoms with Crippen molar-refractivity contribution in [2.75, 3.05) is 11.1 Å². The first kappa shape index (κ1) is 14.5. The van der Waals surface area contributed by atoms with Crippen LogP contribution in [-0.2, 0) is 6.18 Å². The summed E-state index contributed by atoms with van der Waals surface area (Å²) in [5.74, 6) is -0.668. The molecule has 0 saturated heterocycles. The monoisotopic (exact) mass is 304 g/mol. The van der Waals surface area contributed by atoms with Crippen molar-refractivity contribution in [2.45, 2.75) is 6.18 Å². The van der Waals surface area contributed by atoms with Gasteiger partial charge in [0.15, 0.2) is 0 Å². The molecule has 0 amide bonds. The first-order valence-electron chi connectivity index (χ1n) is 5.45. The Hall–Kier alpha value is -1.95. The number of anilines is 3. The number of nitrogens with two attached hydrogens (primary N) is 1. The normalized spacial score (nSPS) is 11.4. The van der Waals surface area contributed by atoms with Crippen LogP contribution in [0, 0.1) is 5.82 Å². The van der Waals surface area contributed by atoms with Crippen LogP contribution in [0.1, 0.15) is 5.56 Å². The van der Waals surface area contributed by atoms with Gasteiger partial charge in [0.2, 0.25) is 0 Å². The molecular weight excluding hydrogens is 296 g/mol. The van der Waals surface area contributed by atoms with E-state index in [1.165, 1.54) is 18.2 Å². The van der Waals surface area contributed by atoms with E-state index in [-0.39, 0.29) is 22.1 Å². The van der Waals surface area contributed by atoms with Crippen LogP contribution in [0.25, 0.3) is 0 Å². The molecule has 2 rings (SSSR count). The number of rotatable bonds is 2. The molecule has 2 aromatic carbocycles. The number of halogens is 5. The Labute approximate surface area is 117 Å². The van der Waals surface area contributed by atoms with E-state index >= 15 is 0 Å². The Morgan fingerprint density at radius 2 is 1.75 bits per heavy atom. The van der Waals surface area contributed by atoms with E-state index in [2.05, 4.69) is 5.32 Å². The summed E-state index contributed by atoms with van der Waals surface area (Å²) in [5.41, 5.74) is 4.74. The third-order valence-corrected chi connectivity index (χ3v) is 2.72. The SMILES string of the molecule is Nc1ccc(Nc2cc(Cl)cc(C(F)(F)F)c2)c(F)c1. The van der Waals surface area contributed by atoms with E-state index in [9.17, 15) is 17.6 Å². The Morgan fingerprint density at radius 3 is 2.35 bits per heavy atom. The molecule has 2 aromatic rings. The molecule has 0 aliphatic rings. The summed E-state index contributed by atoms with van der Waals surface area (Å²) < 4.78 is 51.5. The van der Waals surface area contributed by atoms with Crippen LogP contribution >= 0.6 is 11.6 Å². The summed E-state index contributed by atoms with van der Waals surface area (Å²) in [6, 6.07) is 6.75. The Balaban J connectivity index is 2.36. The van der Waals surface area contributed by atoms with Crippen LogP contribution in [0.3, 0.4) is 0 Å². The highest BCUT2D eigenvalue weighted by molar-refractivity contribution is 6.31. The van der Waals surface area contributed by atoms with E-state index in [1.54, 1.807) is 0 Å². The molecule has 2 nitrogen and oxygen atoms in total. The average Bonchev–Trinajstić information content (AvgIpc) is 2.31. The zero-order chi connectivity index (χ0) is 14.9. The lowest BCUT2D eigenvalue weighted by molar-refractivity contribution is -0.137. The molecule has 0 fully saturated rings. The minimum absolute atomic E-state index is 0.00888. The van der Waals surface area contributed by atoms with Crippen molar-refractivity contribution in [1.82, 2.24) is 0 Å². The van der Waals surface area contributed by atoms with Crippen molar-refractivity contribution in [3.8, 4) is 0 Å². The fourth-order valence-corrected chi connectivity index (χ4v) is 1.85. The molecular formula is C13H9ClF4N2. The molecule has 0 aromatic heterocycles. The lowest BCUT2D eigenvalue weighted by atomic mass is 10.2. The molecule has 0 saturated carbocycles. The van der Waals surface area contributed by atoms with E-state index in [0.717, 1.165) is 18.2 Å². The summed E-state index contributed by atoms with van der Waals surface area (Å²) in [6.45, 7) is 0. The van der Waals surface area contributed by atoms with E-state index in [4.69, 9.17) is 17.3 Å². The molecule has 0 unspecified atom stereocenters. The van der Waals surface area contributed by atoms with Crippen LogP contribution < -0.4 is 11.1 Å². The second-order valence-electron chi connectivity index (χ2n) is 4.09. The summed E-state index contributed by atoms with van der Waals surface area (Å²) in [4.78, 5) is 0. The summed E-state index contributed by atoms with van der Waals surface area (Å²) in [7, 11) is 0. The van der Waals surface area contributed by atoms with Crippen LogP contribution in [0.4, 0.5) is 34.6 Å². The standard InChI is InChI=1S/C13H9ClF4N2/c14-8-3-7(13(16,17)18)4-10(5-8)20-12-2-1-9(19)6-11(12)15/h1-6,20H,19H2. The van der Waals surface area contributed by atoms with Gasteiger partial charge in [0.25, 0.3) is 0 Å². The van der Waals surface area contributed by atoms with Gasteiger partial charge in [0.1, 0.15) is 5.82 Å². The maximum atomic E-state index is 13.6. The number of alkyl halides is 3. The molecule has 0 radical (unpaired) electrons.